The van der Waals surface area contributed by atoms with Crippen LogP contribution in [-0.2, 0) is 9.47 Å². The zero-order valence-corrected chi connectivity index (χ0v) is 6.34. The van der Waals surface area contributed by atoms with Gasteiger partial charge in [0.25, 0.3) is 0 Å². The van der Waals surface area contributed by atoms with Gasteiger partial charge in [-0.15, -0.1) is 0 Å². The highest BCUT2D eigenvalue weighted by molar-refractivity contribution is 5.58. The Morgan fingerprint density at radius 3 is 1.54 bits per heavy atom. The van der Waals surface area contributed by atoms with Gasteiger partial charge in [0.05, 0.1) is 6.33 Å². The zero-order valence-electron chi connectivity index (χ0n) is 6.34. The van der Waals surface area contributed by atoms with Gasteiger partial charge in [0, 0.05) is 0 Å². The van der Waals surface area contributed by atoms with Crippen LogP contribution in [0, 0.1) is 0 Å². The van der Waals surface area contributed by atoms with E-state index in [1.807, 2.05) is 0 Å². The molecule has 0 spiro atoms. The zero-order chi connectivity index (χ0) is 10.7. The average Bonchev–Trinajstić information content (AvgIpc) is 1.99. The first kappa shape index (κ1) is 13.5. The van der Waals surface area contributed by atoms with Crippen molar-refractivity contribution in [1.82, 2.24) is 0 Å². The lowest BCUT2D eigenvalue weighted by atomic mass is 11.0. The van der Waals surface area contributed by atoms with Gasteiger partial charge >= 0.3 is 12.3 Å². The van der Waals surface area contributed by atoms with Crippen LogP contribution in [-0.4, -0.2) is 22.5 Å². The van der Waals surface area contributed by atoms with E-state index in [1.54, 1.807) is 0 Å². The summed E-state index contributed by atoms with van der Waals surface area (Å²) < 4.78 is 17.5. The topological polar surface area (TPSA) is 93.1 Å². The Morgan fingerprint density at radius 2 is 1.38 bits per heavy atom. The third-order valence-electron chi connectivity index (χ3n) is 0.393. The first-order valence-corrected chi connectivity index (χ1v) is 2.69. The van der Waals surface area contributed by atoms with Crippen molar-refractivity contribution in [2.24, 2.45) is 0 Å². The molecule has 0 radical (unpaired) electrons. The van der Waals surface area contributed by atoms with Crippen LogP contribution >= 0.6 is 0 Å². The Balaban J connectivity index is 0. The van der Waals surface area contributed by atoms with Gasteiger partial charge in [-0.1, -0.05) is 6.58 Å². The fraction of sp³-hybridized carbons (Fsp3) is 0. The number of carbonyl (C=O) groups is 2. The van der Waals surface area contributed by atoms with Gasteiger partial charge in [-0.05, 0) is 0 Å². The predicted molar refractivity (Wildman–Crippen MR) is 38.7 cm³/mol. The molecule has 0 aromatic heterocycles. The number of halogens is 1. The molecule has 0 amide bonds. The van der Waals surface area contributed by atoms with E-state index >= 15 is 0 Å². The maximum absolute atomic E-state index is 10.1. The monoisotopic (exact) mass is 194 g/mol. The summed E-state index contributed by atoms with van der Waals surface area (Å²) in [6.45, 7) is 2.69. The lowest BCUT2D eigenvalue weighted by molar-refractivity contribution is 0.114. The SMILES string of the molecule is C=CF.O=C(O)O/C=C/OC(=O)O. The highest BCUT2D eigenvalue weighted by Gasteiger charge is 1.91. The van der Waals surface area contributed by atoms with Gasteiger partial charge in [0.15, 0.2) is 0 Å². The minimum atomic E-state index is -1.54. The summed E-state index contributed by atoms with van der Waals surface area (Å²) in [5.41, 5.74) is 0. The van der Waals surface area contributed by atoms with Crippen molar-refractivity contribution in [1.29, 1.82) is 0 Å². The van der Waals surface area contributed by atoms with Crippen LogP contribution in [0.25, 0.3) is 0 Å². The van der Waals surface area contributed by atoms with Crippen LogP contribution in [0.15, 0.2) is 25.4 Å². The van der Waals surface area contributed by atoms with E-state index in [-0.39, 0.29) is 6.33 Å². The van der Waals surface area contributed by atoms with Gasteiger partial charge in [-0.3, -0.25) is 0 Å². The predicted octanol–water partition coefficient (Wildman–Crippen LogP) is 1.95. The van der Waals surface area contributed by atoms with Gasteiger partial charge in [-0.25, -0.2) is 14.0 Å². The van der Waals surface area contributed by atoms with Crippen LogP contribution < -0.4 is 0 Å². The molecule has 2 N–H and O–H groups in total. The van der Waals surface area contributed by atoms with Gasteiger partial charge in [0.2, 0.25) is 0 Å². The van der Waals surface area contributed by atoms with Crippen LogP contribution in [0.2, 0.25) is 0 Å². The third-order valence-corrected chi connectivity index (χ3v) is 0.393. The van der Waals surface area contributed by atoms with Gasteiger partial charge in [-0.2, -0.15) is 0 Å². The van der Waals surface area contributed by atoms with Crippen molar-refractivity contribution in [3.63, 3.8) is 0 Å². The van der Waals surface area contributed by atoms with E-state index in [4.69, 9.17) is 10.2 Å². The van der Waals surface area contributed by atoms with E-state index < -0.39 is 12.3 Å². The molecular formula is C6H7FO6. The number of hydrogen-bond donors (Lipinski definition) is 2. The van der Waals surface area contributed by atoms with Crippen LogP contribution in [0.4, 0.5) is 14.0 Å². The fourth-order valence-corrected chi connectivity index (χ4v) is 0.172. The normalized spacial score (nSPS) is 8.08. The molecule has 0 aromatic carbocycles. The van der Waals surface area contributed by atoms with E-state index in [1.165, 1.54) is 0 Å². The standard InChI is InChI=1S/C4H4O6.C2H3F/c5-3(6)9-1-2-10-4(7)8;1-2-3/h1-2H,(H,5,6)(H,7,8);2H,1H2/b2-1+;. The summed E-state index contributed by atoms with van der Waals surface area (Å²) in [4.78, 5) is 19.1. The molecule has 0 bridgehead atoms. The summed E-state index contributed by atoms with van der Waals surface area (Å²) in [5, 5.41) is 15.6. The molecule has 0 aliphatic heterocycles. The van der Waals surface area contributed by atoms with Crippen molar-refractivity contribution in [3.05, 3.63) is 25.4 Å². The van der Waals surface area contributed by atoms with E-state index in [2.05, 4.69) is 16.1 Å². The maximum atomic E-state index is 10.1. The second-order valence-electron chi connectivity index (χ2n) is 1.19. The summed E-state index contributed by atoms with van der Waals surface area (Å²) in [7, 11) is 0. The first-order valence-electron chi connectivity index (χ1n) is 2.69. The summed E-state index contributed by atoms with van der Waals surface area (Å²) in [5.74, 6) is 0. The first-order chi connectivity index (χ1) is 6.04. The van der Waals surface area contributed by atoms with Gasteiger partial charge < -0.3 is 19.7 Å². The largest absolute Gasteiger partial charge is 0.510 e. The molecule has 0 aromatic rings. The molecule has 0 atom stereocenters. The second-order valence-corrected chi connectivity index (χ2v) is 1.19. The molecule has 0 heterocycles. The molecule has 6 nitrogen and oxygen atoms in total. The minimum absolute atomic E-state index is 0.250. The molecule has 7 heteroatoms. The van der Waals surface area contributed by atoms with Crippen LogP contribution in [0.3, 0.4) is 0 Å². The fourth-order valence-electron chi connectivity index (χ4n) is 0.172. The van der Waals surface area contributed by atoms with Gasteiger partial charge in [0.1, 0.15) is 12.5 Å². The highest BCUT2D eigenvalue weighted by Crippen LogP contribution is 1.81. The molecule has 0 unspecified atom stereocenters. The van der Waals surface area contributed by atoms with E-state index in [0.717, 1.165) is 0 Å². The lowest BCUT2D eigenvalue weighted by Crippen LogP contribution is -1.95. The van der Waals surface area contributed by atoms with Crippen molar-refractivity contribution in [2.45, 2.75) is 0 Å². The lowest BCUT2D eigenvalue weighted by Gasteiger charge is -1.88. The maximum Gasteiger partial charge on any atom is 0.510 e. The molecule has 0 fully saturated rings. The second kappa shape index (κ2) is 9.95. The van der Waals surface area contributed by atoms with E-state index in [9.17, 15) is 14.0 Å². The van der Waals surface area contributed by atoms with Crippen molar-refractivity contribution < 1.29 is 33.7 Å². The van der Waals surface area contributed by atoms with Crippen molar-refractivity contribution >= 4 is 12.3 Å². The van der Waals surface area contributed by atoms with Crippen LogP contribution in [0.5, 0.6) is 0 Å². The molecule has 0 aliphatic rings. The Bertz CT molecular complexity index is 181. The van der Waals surface area contributed by atoms with Crippen molar-refractivity contribution in [2.75, 3.05) is 0 Å². The van der Waals surface area contributed by atoms with Crippen molar-refractivity contribution in [3.8, 4) is 0 Å². The number of carboxylic acid groups (broad SMARTS) is 2. The van der Waals surface area contributed by atoms with E-state index in [0.29, 0.717) is 12.5 Å². The smallest absolute Gasteiger partial charge is 0.449 e. The minimum Gasteiger partial charge on any atom is -0.449 e. The van der Waals surface area contributed by atoms with Crippen LogP contribution in [0.1, 0.15) is 0 Å². The highest BCUT2D eigenvalue weighted by atomic mass is 19.1. The Kier molecular flexibility index (Phi) is 10.4. The quantitative estimate of drug-likeness (QED) is 0.515. The molecule has 0 saturated carbocycles. The molecule has 0 aliphatic carbocycles. The molecule has 13 heavy (non-hydrogen) atoms. The molecule has 0 saturated heterocycles. The number of ether oxygens (including phenoxy) is 2. The Labute approximate surface area is 72.5 Å². The number of hydrogen-bond acceptors (Lipinski definition) is 4. The molecular weight excluding hydrogens is 187 g/mol. The number of rotatable bonds is 2. The third kappa shape index (κ3) is 25.7. The summed E-state index contributed by atoms with van der Waals surface area (Å²) in [6, 6.07) is 0. The average molecular weight is 194 g/mol. The Hall–Kier alpha value is -2.05. The molecule has 74 valence electrons. The molecule has 0 rings (SSSR count). The summed E-state index contributed by atoms with van der Waals surface area (Å²) >= 11 is 0. The summed E-state index contributed by atoms with van der Waals surface area (Å²) in [6.07, 6.45) is -1.64. The Morgan fingerprint density at radius 1 is 1.15 bits per heavy atom.